The standard InChI is InChI=1S/C24H22N2O4/c27-23(28)16(13-17-7-5-6-12-25-17)14-26-24(29)30-15-22-20-10-3-1-8-18(20)19-9-2-4-11-21(19)22/h1-12,16,22H,13-15H2,(H,26,29)(H,27,28)/t16-/m0/s1. The second kappa shape index (κ2) is 8.78. The Balaban J connectivity index is 1.36. The number of fused-ring (bicyclic) bond motifs is 3. The number of hydrogen-bond donors (Lipinski definition) is 2. The Kier molecular flexibility index (Phi) is 5.75. The molecule has 1 aromatic heterocycles. The summed E-state index contributed by atoms with van der Waals surface area (Å²) in [6.45, 7) is 0.167. The molecule has 0 bridgehead atoms. The van der Waals surface area contributed by atoms with Crippen LogP contribution in [0.4, 0.5) is 4.79 Å². The Morgan fingerprint density at radius 1 is 0.967 bits per heavy atom. The number of hydrogen-bond acceptors (Lipinski definition) is 4. The van der Waals surface area contributed by atoms with Crippen molar-refractivity contribution in [1.82, 2.24) is 10.3 Å². The van der Waals surface area contributed by atoms with Crippen molar-refractivity contribution >= 4 is 12.1 Å². The Bertz CT molecular complexity index is 1010. The predicted octanol–water partition coefficient (Wildman–Crippen LogP) is 3.86. The minimum atomic E-state index is -0.986. The molecule has 0 spiro atoms. The van der Waals surface area contributed by atoms with E-state index < -0.39 is 18.0 Å². The lowest BCUT2D eigenvalue weighted by Crippen LogP contribution is -2.35. The highest BCUT2D eigenvalue weighted by molar-refractivity contribution is 5.79. The zero-order chi connectivity index (χ0) is 20.9. The Labute approximate surface area is 174 Å². The molecular formula is C24H22N2O4. The third-order valence-corrected chi connectivity index (χ3v) is 5.37. The van der Waals surface area contributed by atoms with Gasteiger partial charge in [0.05, 0.1) is 5.92 Å². The van der Waals surface area contributed by atoms with Gasteiger partial charge in [-0.25, -0.2) is 4.79 Å². The third-order valence-electron chi connectivity index (χ3n) is 5.37. The zero-order valence-corrected chi connectivity index (χ0v) is 16.3. The Hall–Kier alpha value is -3.67. The number of benzene rings is 2. The summed E-state index contributed by atoms with van der Waals surface area (Å²) in [7, 11) is 0. The lowest BCUT2D eigenvalue weighted by molar-refractivity contribution is -0.141. The predicted molar refractivity (Wildman–Crippen MR) is 112 cm³/mol. The first-order chi connectivity index (χ1) is 14.6. The topological polar surface area (TPSA) is 88.5 Å². The molecule has 1 amide bonds. The molecule has 0 unspecified atom stereocenters. The lowest BCUT2D eigenvalue weighted by atomic mass is 9.98. The number of aromatic nitrogens is 1. The summed E-state index contributed by atoms with van der Waals surface area (Å²) in [5.41, 5.74) is 5.24. The number of rotatable bonds is 7. The molecule has 6 nitrogen and oxygen atoms in total. The van der Waals surface area contributed by atoms with Gasteiger partial charge in [0.1, 0.15) is 6.61 Å². The van der Waals surface area contributed by atoms with Crippen molar-refractivity contribution in [3.05, 3.63) is 89.7 Å². The maximum absolute atomic E-state index is 12.3. The molecule has 0 saturated heterocycles. The summed E-state index contributed by atoms with van der Waals surface area (Å²) in [6, 6.07) is 21.5. The number of aliphatic carboxylic acids is 1. The van der Waals surface area contributed by atoms with Crippen LogP contribution in [-0.2, 0) is 16.0 Å². The quantitative estimate of drug-likeness (QED) is 0.626. The van der Waals surface area contributed by atoms with E-state index in [4.69, 9.17) is 4.74 Å². The van der Waals surface area contributed by atoms with Crippen LogP contribution < -0.4 is 5.32 Å². The van der Waals surface area contributed by atoms with Crippen LogP contribution in [0.1, 0.15) is 22.7 Å². The molecule has 3 aromatic rings. The van der Waals surface area contributed by atoms with E-state index in [1.807, 2.05) is 24.3 Å². The minimum Gasteiger partial charge on any atom is -0.481 e. The molecule has 0 fully saturated rings. The van der Waals surface area contributed by atoms with Crippen molar-refractivity contribution in [2.24, 2.45) is 5.92 Å². The maximum atomic E-state index is 12.3. The molecule has 1 aliphatic carbocycles. The number of alkyl carbamates (subject to hydrolysis) is 1. The first-order valence-electron chi connectivity index (χ1n) is 9.85. The van der Waals surface area contributed by atoms with Crippen LogP contribution in [0.3, 0.4) is 0 Å². The molecular weight excluding hydrogens is 380 g/mol. The first kappa shape index (κ1) is 19.6. The zero-order valence-electron chi connectivity index (χ0n) is 16.3. The lowest BCUT2D eigenvalue weighted by Gasteiger charge is -2.16. The largest absolute Gasteiger partial charge is 0.481 e. The van der Waals surface area contributed by atoms with Crippen molar-refractivity contribution in [3.8, 4) is 11.1 Å². The first-order valence-corrected chi connectivity index (χ1v) is 9.85. The number of pyridine rings is 1. The van der Waals surface area contributed by atoms with E-state index in [-0.39, 0.29) is 25.5 Å². The number of nitrogens with one attached hydrogen (secondary N) is 1. The molecule has 0 radical (unpaired) electrons. The van der Waals surface area contributed by atoms with Crippen LogP contribution in [0.5, 0.6) is 0 Å². The van der Waals surface area contributed by atoms with Gasteiger partial charge >= 0.3 is 12.1 Å². The Morgan fingerprint density at radius 3 is 2.20 bits per heavy atom. The average molecular weight is 402 g/mol. The molecule has 0 saturated carbocycles. The number of amides is 1. The maximum Gasteiger partial charge on any atom is 0.407 e. The van der Waals surface area contributed by atoms with Crippen LogP contribution in [0.25, 0.3) is 11.1 Å². The average Bonchev–Trinajstić information content (AvgIpc) is 3.09. The van der Waals surface area contributed by atoms with E-state index in [1.165, 1.54) is 0 Å². The summed E-state index contributed by atoms with van der Waals surface area (Å²) < 4.78 is 5.46. The van der Waals surface area contributed by atoms with Gasteiger partial charge < -0.3 is 15.2 Å². The van der Waals surface area contributed by atoms with Gasteiger partial charge in [-0.3, -0.25) is 9.78 Å². The van der Waals surface area contributed by atoms with E-state index in [1.54, 1.807) is 24.4 Å². The van der Waals surface area contributed by atoms with Gasteiger partial charge in [0.25, 0.3) is 0 Å². The van der Waals surface area contributed by atoms with Gasteiger partial charge in [-0.1, -0.05) is 54.6 Å². The summed E-state index contributed by atoms with van der Waals surface area (Å²) in [6.07, 6.45) is 1.23. The van der Waals surface area contributed by atoms with Gasteiger partial charge in [-0.2, -0.15) is 0 Å². The summed E-state index contributed by atoms with van der Waals surface area (Å²) in [4.78, 5) is 28.0. The number of carbonyl (C=O) groups excluding carboxylic acids is 1. The molecule has 1 aliphatic rings. The summed E-state index contributed by atoms with van der Waals surface area (Å²) in [5.74, 6) is -1.80. The molecule has 2 aromatic carbocycles. The minimum absolute atomic E-state index is 0.0252. The number of ether oxygens (including phenoxy) is 1. The summed E-state index contributed by atoms with van der Waals surface area (Å²) >= 11 is 0. The number of carboxylic acids is 1. The van der Waals surface area contributed by atoms with Gasteiger partial charge in [-0.15, -0.1) is 0 Å². The summed E-state index contributed by atoms with van der Waals surface area (Å²) in [5, 5.41) is 12.0. The normalized spacial score (nSPS) is 13.2. The number of carbonyl (C=O) groups is 2. The van der Waals surface area contributed by atoms with Crippen LogP contribution >= 0.6 is 0 Å². The highest BCUT2D eigenvalue weighted by Crippen LogP contribution is 2.44. The van der Waals surface area contributed by atoms with Crippen molar-refractivity contribution in [2.45, 2.75) is 12.3 Å². The van der Waals surface area contributed by atoms with Crippen molar-refractivity contribution in [3.63, 3.8) is 0 Å². The fraction of sp³-hybridized carbons (Fsp3) is 0.208. The monoisotopic (exact) mass is 402 g/mol. The number of nitrogens with zero attached hydrogens (tertiary/aromatic N) is 1. The van der Waals surface area contributed by atoms with Crippen LogP contribution in [0.2, 0.25) is 0 Å². The van der Waals surface area contributed by atoms with E-state index in [0.717, 1.165) is 22.3 Å². The molecule has 4 rings (SSSR count). The van der Waals surface area contributed by atoms with E-state index >= 15 is 0 Å². The Morgan fingerprint density at radius 2 is 1.60 bits per heavy atom. The molecule has 30 heavy (non-hydrogen) atoms. The molecule has 2 N–H and O–H groups in total. The van der Waals surface area contributed by atoms with Crippen LogP contribution in [-0.4, -0.2) is 35.3 Å². The van der Waals surface area contributed by atoms with Crippen LogP contribution in [0.15, 0.2) is 72.9 Å². The van der Waals surface area contributed by atoms with Crippen molar-refractivity contribution in [1.29, 1.82) is 0 Å². The smallest absolute Gasteiger partial charge is 0.407 e. The van der Waals surface area contributed by atoms with Gasteiger partial charge in [0.2, 0.25) is 0 Å². The van der Waals surface area contributed by atoms with Gasteiger partial charge in [-0.05, 0) is 34.4 Å². The van der Waals surface area contributed by atoms with Gasteiger partial charge in [0.15, 0.2) is 0 Å². The fourth-order valence-corrected chi connectivity index (χ4v) is 3.87. The highest BCUT2D eigenvalue weighted by Gasteiger charge is 2.29. The molecule has 152 valence electrons. The third kappa shape index (κ3) is 4.17. The molecule has 0 aliphatic heterocycles. The van der Waals surface area contributed by atoms with Gasteiger partial charge in [0, 0.05) is 30.8 Å². The number of carboxylic acid groups (broad SMARTS) is 1. The second-order valence-electron chi connectivity index (χ2n) is 7.27. The van der Waals surface area contributed by atoms with E-state index in [2.05, 4.69) is 34.6 Å². The fourth-order valence-electron chi connectivity index (χ4n) is 3.87. The van der Waals surface area contributed by atoms with Crippen LogP contribution in [0, 0.1) is 5.92 Å². The molecule has 1 heterocycles. The molecule has 6 heteroatoms. The van der Waals surface area contributed by atoms with E-state index in [9.17, 15) is 14.7 Å². The highest BCUT2D eigenvalue weighted by atomic mass is 16.5. The SMILES string of the molecule is O=C(NC[C@H](Cc1ccccn1)C(=O)O)OCC1c2ccccc2-c2ccccc21. The van der Waals surface area contributed by atoms with E-state index in [0.29, 0.717) is 5.69 Å². The van der Waals surface area contributed by atoms with Crippen molar-refractivity contribution < 1.29 is 19.4 Å². The van der Waals surface area contributed by atoms with Crippen molar-refractivity contribution in [2.75, 3.05) is 13.2 Å². The molecule has 1 atom stereocenters. The second-order valence-corrected chi connectivity index (χ2v) is 7.27.